The Morgan fingerprint density at radius 3 is 2.80 bits per heavy atom. The van der Waals surface area contributed by atoms with Crippen LogP contribution >= 0.6 is 0 Å². The van der Waals surface area contributed by atoms with Crippen molar-refractivity contribution in [2.45, 2.75) is 13.8 Å². The highest BCUT2D eigenvalue weighted by Gasteiger charge is 2.12. The topological polar surface area (TPSA) is 84.2 Å². The lowest BCUT2D eigenvalue weighted by Crippen LogP contribution is -2.26. The lowest BCUT2D eigenvalue weighted by molar-refractivity contribution is 0.430. The zero-order valence-corrected chi connectivity index (χ0v) is 9.60. The minimum Gasteiger partial charge on any atom is -0.338 e. The quantitative estimate of drug-likeness (QED) is 0.692. The number of rotatable bonds is 6. The van der Waals surface area contributed by atoms with Crippen molar-refractivity contribution >= 4 is 15.9 Å². The lowest BCUT2D eigenvalue weighted by atomic mass is 10.5. The molecule has 0 aliphatic carbocycles. The summed E-state index contributed by atoms with van der Waals surface area (Å²) in [6, 6.07) is 1.53. The van der Waals surface area contributed by atoms with Crippen LogP contribution in [-0.4, -0.2) is 32.4 Å². The van der Waals surface area contributed by atoms with Gasteiger partial charge in [-0.3, -0.25) is 4.72 Å². The Bertz CT molecular complexity index is 399. The number of anilines is 1. The van der Waals surface area contributed by atoms with Gasteiger partial charge in [0.05, 0.1) is 11.4 Å². The maximum Gasteiger partial charge on any atom is 0.238 e. The number of nitrogens with one attached hydrogen (secondary N) is 2. The molecule has 1 rings (SSSR count). The van der Waals surface area contributed by atoms with E-state index in [-0.39, 0.29) is 11.6 Å². The summed E-state index contributed by atoms with van der Waals surface area (Å²) in [7, 11) is -3.34. The number of aromatic nitrogens is 1. The third-order valence-electron chi connectivity index (χ3n) is 1.68. The van der Waals surface area contributed by atoms with Crippen LogP contribution in [0.2, 0.25) is 0 Å². The molecule has 6 nitrogen and oxygen atoms in total. The van der Waals surface area contributed by atoms with Crippen molar-refractivity contribution in [2.75, 3.05) is 23.6 Å². The Morgan fingerprint density at radius 2 is 2.27 bits per heavy atom. The second-order valence-corrected chi connectivity index (χ2v) is 4.95. The van der Waals surface area contributed by atoms with E-state index in [1.165, 1.54) is 6.07 Å². The van der Waals surface area contributed by atoms with Crippen LogP contribution in [0.4, 0.5) is 5.88 Å². The van der Waals surface area contributed by atoms with Crippen LogP contribution in [0.3, 0.4) is 0 Å². The molecular weight excluding hydrogens is 218 g/mol. The number of nitrogens with zero attached hydrogens (tertiary/aromatic N) is 1. The highest BCUT2D eigenvalue weighted by atomic mass is 32.2. The van der Waals surface area contributed by atoms with Crippen LogP contribution in [0.5, 0.6) is 0 Å². The third-order valence-corrected chi connectivity index (χ3v) is 2.94. The van der Waals surface area contributed by atoms with Crippen molar-refractivity contribution in [2.24, 2.45) is 0 Å². The molecule has 0 amide bonds. The molecule has 0 fully saturated rings. The molecule has 0 spiro atoms. The van der Waals surface area contributed by atoms with Crippen molar-refractivity contribution in [1.82, 2.24) is 10.5 Å². The van der Waals surface area contributed by atoms with Gasteiger partial charge >= 0.3 is 0 Å². The van der Waals surface area contributed by atoms with Crippen molar-refractivity contribution < 1.29 is 12.9 Å². The van der Waals surface area contributed by atoms with E-state index >= 15 is 0 Å². The Kier molecular flexibility index (Phi) is 4.10. The molecule has 0 saturated carbocycles. The van der Waals surface area contributed by atoms with E-state index in [0.717, 1.165) is 6.54 Å². The summed E-state index contributed by atoms with van der Waals surface area (Å²) in [5.41, 5.74) is 0.638. The summed E-state index contributed by atoms with van der Waals surface area (Å²) < 4.78 is 29.9. The molecule has 0 aromatic carbocycles. The van der Waals surface area contributed by atoms with Gasteiger partial charge in [0.1, 0.15) is 0 Å². The molecule has 86 valence electrons. The Labute approximate surface area is 89.1 Å². The molecule has 0 saturated heterocycles. The molecule has 0 atom stereocenters. The Balaban J connectivity index is 2.49. The molecule has 0 unspecified atom stereocenters. The summed E-state index contributed by atoms with van der Waals surface area (Å²) in [4.78, 5) is 0. The van der Waals surface area contributed by atoms with Crippen LogP contribution in [-0.2, 0) is 10.0 Å². The first-order valence-electron chi connectivity index (χ1n) is 4.68. The monoisotopic (exact) mass is 233 g/mol. The minimum absolute atomic E-state index is 0.0145. The number of hydrogen-bond donors (Lipinski definition) is 2. The molecular formula is C8H15N3O3S. The molecule has 1 heterocycles. The summed E-state index contributed by atoms with van der Waals surface area (Å²) >= 11 is 0. The van der Waals surface area contributed by atoms with E-state index in [2.05, 4.69) is 15.2 Å². The third kappa shape index (κ3) is 4.30. The van der Waals surface area contributed by atoms with Gasteiger partial charge in [0.15, 0.2) is 0 Å². The smallest absolute Gasteiger partial charge is 0.238 e. The summed E-state index contributed by atoms with van der Waals surface area (Å²) in [6.45, 7) is 4.80. The van der Waals surface area contributed by atoms with Gasteiger partial charge in [-0.1, -0.05) is 12.1 Å². The second kappa shape index (κ2) is 5.13. The highest BCUT2D eigenvalue weighted by Crippen LogP contribution is 2.10. The molecule has 7 heteroatoms. The Morgan fingerprint density at radius 1 is 1.53 bits per heavy atom. The zero-order chi connectivity index (χ0) is 11.3. The van der Waals surface area contributed by atoms with Crippen LogP contribution in [0, 0.1) is 6.92 Å². The van der Waals surface area contributed by atoms with Crippen LogP contribution in [0.25, 0.3) is 0 Å². The maximum atomic E-state index is 11.4. The largest absolute Gasteiger partial charge is 0.338 e. The average Bonchev–Trinajstić information content (AvgIpc) is 2.50. The van der Waals surface area contributed by atoms with Crippen molar-refractivity contribution in [3.05, 3.63) is 11.8 Å². The van der Waals surface area contributed by atoms with Gasteiger partial charge in [0.25, 0.3) is 0 Å². The fourth-order valence-corrected chi connectivity index (χ4v) is 1.92. The SMILES string of the molecule is CCNCCS(=O)(=O)Nc1cc(C)no1. The molecule has 2 N–H and O–H groups in total. The lowest BCUT2D eigenvalue weighted by Gasteiger charge is -2.04. The summed E-state index contributed by atoms with van der Waals surface area (Å²) in [6.07, 6.45) is 0. The molecule has 0 aliphatic heterocycles. The van der Waals surface area contributed by atoms with Crippen LogP contribution in [0.15, 0.2) is 10.6 Å². The van der Waals surface area contributed by atoms with Gasteiger partial charge in [-0.25, -0.2) is 8.42 Å². The van der Waals surface area contributed by atoms with E-state index in [9.17, 15) is 8.42 Å². The van der Waals surface area contributed by atoms with Gasteiger partial charge < -0.3 is 9.84 Å². The standard InChI is InChI=1S/C8H15N3O3S/c1-3-9-4-5-15(12,13)11-8-6-7(2)10-14-8/h6,9,11H,3-5H2,1-2H3. The minimum atomic E-state index is -3.34. The second-order valence-electron chi connectivity index (χ2n) is 3.11. The molecule has 1 aromatic heterocycles. The van der Waals surface area contributed by atoms with Crippen molar-refractivity contribution in [1.29, 1.82) is 0 Å². The average molecular weight is 233 g/mol. The van der Waals surface area contributed by atoms with Gasteiger partial charge in [-0.15, -0.1) is 0 Å². The molecule has 15 heavy (non-hydrogen) atoms. The van der Waals surface area contributed by atoms with Gasteiger partial charge in [-0.05, 0) is 13.5 Å². The molecule has 1 aromatic rings. The Hall–Kier alpha value is -1.08. The molecule has 0 aliphatic rings. The predicted octanol–water partition coefficient (Wildman–Crippen LogP) is 0.334. The summed E-state index contributed by atoms with van der Waals surface area (Å²) in [5, 5.41) is 6.51. The van der Waals surface area contributed by atoms with E-state index in [4.69, 9.17) is 4.52 Å². The predicted molar refractivity (Wildman–Crippen MR) is 57.2 cm³/mol. The normalized spacial score (nSPS) is 11.6. The van der Waals surface area contributed by atoms with Gasteiger partial charge in [0, 0.05) is 12.6 Å². The van der Waals surface area contributed by atoms with Crippen LogP contribution < -0.4 is 10.0 Å². The molecule has 0 radical (unpaired) electrons. The summed E-state index contributed by atoms with van der Waals surface area (Å²) in [5.74, 6) is 0.171. The number of sulfonamides is 1. The number of hydrogen-bond acceptors (Lipinski definition) is 5. The van der Waals surface area contributed by atoms with E-state index < -0.39 is 10.0 Å². The van der Waals surface area contributed by atoms with E-state index in [1.54, 1.807) is 6.92 Å². The first-order valence-corrected chi connectivity index (χ1v) is 6.33. The fourth-order valence-electron chi connectivity index (χ4n) is 0.999. The number of aryl methyl sites for hydroxylation is 1. The fraction of sp³-hybridized carbons (Fsp3) is 0.625. The van der Waals surface area contributed by atoms with Crippen LogP contribution in [0.1, 0.15) is 12.6 Å². The van der Waals surface area contributed by atoms with E-state index in [1.807, 2.05) is 6.92 Å². The highest BCUT2D eigenvalue weighted by molar-refractivity contribution is 7.92. The molecule has 0 bridgehead atoms. The van der Waals surface area contributed by atoms with Gasteiger partial charge in [0.2, 0.25) is 15.9 Å². The maximum absolute atomic E-state index is 11.4. The zero-order valence-electron chi connectivity index (χ0n) is 8.78. The van der Waals surface area contributed by atoms with Crippen molar-refractivity contribution in [3.8, 4) is 0 Å². The first kappa shape index (κ1) is 12.0. The first-order chi connectivity index (χ1) is 7.03. The van der Waals surface area contributed by atoms with Crippen molar-refractivity contribution in [3.63, 3.8) is 0 Å². The van der Waals surface area contributed by atoms with Gasteiger partial charge in [-0.2, -0.15) is 0 Å². The van der Waals surface area contributed by atoms with E-state index in [0.29, 0.717) is 12.2 Å².